The SMILES string of the molecule is CC1(C)[C@@H]2CC[C@@]1(CS(=O)(=O)N[C@@H]1CCCC[C@H]1NP(=S)(c1ccccc1)c1ccccc1)C(=O)C2. The lowest BCUT2D eigenvalue weighted by atomic mass is 9.70. The van der Waals surface area contributed by atoms with E-state index in [2.05, 4.69) is 47.9 Å². The molecule has 3 aliphatic carbocycles. The normalized spacial score (nSPS) is 29.9. The van der Waals surface area contributed by atoms with Crippen molar-refractivity contribution in [1.82, 2.24) is 9.81 Å². The molecule has 4 atom stereocenters. The van der Waals surface area contributed by atoms with Crippen molar-refractivity contribution in [2.45, 2.75) is 70.9 Å². The first-order chi connectivity index (χ1) is 17.1. The minimum Gasteiger partial charge on any atom is -0.299 e. The second-order valence-corrected chi connectivity index (χ2v) is 17.4. The second kappa shape index (κ2) is 9.74. The number of nitrogens with one attached hydrogen (secondary N) is 2. The molecule has 0 amide bonds. The van der Waals surface area contributed by atoms with Gasteiger partial charge in [-0.05, 0) is 37.0 Å². The molecule has 5 nitrogen and oxygen atoms in total. The van der Waals surface area contributed by atoms with Crippen molar-refractivity contribution in [3.63, 3.8) is 0 Å². The summed E-state index contributed by atoms with van der Waals surface area (Å²) in [6.07, 6.45) is 3.41. The van der Waals surface area contributed by atoms with Crippen LogP contribution in [0.15, 0.2) is 60.7 Å². The molecule has 0 unspecified atom stereocenters. The Morgan fingerprint density at radius 3 is 1.97 bits per heavy atom. The summed E-state index contributed by atoms with van der Waals surface area (Å²) in [5.41, 5.74) is -1.03. The molecule has 0 spiro atoms. The molecule has 0 aromatic heterocycles. The highest BCUT2D eigenvalue weighted by molar-refractivity contribution is 8.20. The molecule has 0 aliphatic heterocycles. The van der Waals surface area contributed by atoms with Crippen LogP contribution in [-0.4, -0.2) is 32.0 Å². The van der Waals surface area contributed by atoms with E-state index in [-0.39, 0.29) is 29.0 Å². The Hall–Kier alpha value is -1.37. The molecule has 8 heteroatoms. The van der Waals surface area contributed by atoms with Crippen LogP contribution in [0.5, 0.6) is 0 Å². The first-order valence-corrected chi connectivity index (χ1v) is 17.6. The number of Topliss-reactive ketones (excluding diaryl/α,β-unsaturated/α-hetero) is 1. The monoisotopic (exact) mass is 544 g/mol. The molecule has 0 heterocycles. The summed E-state index contributed by atoms with van der Waals surface area (Å²) in [7, 11) is -3.66. The Morgan fingerprint density at radius 1 is 0.917 bits per heavy atom. The van der Waals surface area contributed by atoms with Crippen LogP contribution in [0.2, 0.25) is 0 Å². The van der Waals surface area contributed by atoms with E-state index in [1.54, 1.807) is 0 Å². The first-order valence-electron chi connectivity index (χ1n) is 13.1. The van der Waals surface area contributed by atoms with E-state index in [0.29, 0.717) is 18.8 Å². The fraction of sp³-hybridized carbons (Fsp3) is 0.536. The number of carbonyl (C=O) groups is 1. The van der Waals surface area contributed by atoms with Crippen molar-refractivity contribution >= 4 is 44.4 Å². The van der Waals surface area contributed by atoms with Crippen LogP contribution in [0.4, 0.5) is 0 Å². The van der Waals surface area contributed by atoms with Gasteiger partial charge in [0.2, 0.25) is 10.0 Å². The van der Waals surface area contributed by atoms with Crippen molar-refractivity contribution in [2.24, 2.45) is 16.7 Å². The molecular formula is C28H37N2O3PS2. The lowest BCUT2D eigenvalue weighted by molar-refractivity contribution is -0.128. The van der Waals surface area contributed by atoms with Gasteiger partial charge in [0, 0.05) is 34.5 Å². The third kappa shape index (κ3) is 4.56. The van der Waals surface area contributed by atoms with E-state index in [4.69, 9.17) is 11.8 Å². The Kier molecular flexibility index (Phi) is 7.10. The van der Waals surface area contributed by atoms with Crippen LogP contribution in [0.1, 0.15) is 58.8 Å². The Balaban J connectivity index is 1.40. The zero-order chi connectivity index (χ0) is 25.6. The summed E-state index contributed by atoms with van der Waals surface area (Å²) in [5, 5.41) is 5.97. The van der Waals surface area contributed by atoms with Crippen molar-refractivity contribution in [3.05, 3.63) is 60.7 Å². The van der Waals surface area contributed by atoms with Gasteiger partial charge in [0.05, 0.1) is 11.9 Å². The highest BCUT2D eigenvalue weighted by Gasteiger charge is 2.65. The molecule has 3 fully saturated rings. The third-order valence-electron chi connectivity index (χ3n) is 9.26. The van der Waals surface area contributed by atoms with E-state index in [1.165, 1.54) is 0 Å². The molecule has 194 valence electrons. The average molecular weight is 545 g/mol. The Labute approximate surface area is 221 Å². The summed E-state index contributed by atoms with van der Waals surface area (Å²) < 4.78 is 30.3. The molecule has 0 radical (unpaired) electrons. The molecule has 0 saturated heterocycles. The molecule has 5 rings (SSSR count). The lowest BCUT2D eigenvalue weighted by Gasteiger charge is -2.39. The van der Waals surface area contributed by atoms with Crippen molar-refractivity contribution < 1.29 is 13.2 Å². The minimum absolute atomic E-state index is 0.0686. The van der Waals surface area contributed by atoms with Crippen molar-refractivity contribution in [2.75, 3.05) is 5.75 Å². The van der Waals surface area contributed by atoms with Crippen LogP contribution < -0.4 is 20.4 Å². The average Bonchev–Trinajstić information content (AvgIpc) is 3.20. The minimum atomic E-state index is -3.66. The van der Waals surface area contributed by atoms with Gasteiger partial charge in [-0.2, -0.15) is 0 Å². The van der Waals surface area contributed by atoms with Crippen LogP contribution in [0, 0.1) is 16.7 Å². The molecule has 2 bridgehead atoms. The van der Waals surface area contributed by atoms with Gasteiger partial charge in [-0.15, -0.1) is 0 Å². The van der Waals surface area contributed by atoms with E-state index in [1.807, 2.05) is 36.4 Å². The standard InChI is InChI=1S/C28H37N2O3PS2/c1-27(2)21-17-18-28(27,26(31)19-21)20-36(32,33)30-25-16-10-9-15-24(25)29-34(35,22-11-5-3-6-12-22)23-13-7-4-8-14-23/h3-8,11-14,21,24-25,30H,9-10,15-20H2,1-2H3,(H,29,35)/t21-,24-,25-,28-/m1/s1. The summed E-state index contributed by atoms with van der Waals surface area (Å²) >= 11 is 6.39. The fourth-order valence-corrected chi connectivity index (χ4v) is 12.8. The highest BCUT2D eigenvalue weighted by atomic mass is 32.4. The second-order valence-electron chi connectivity index (χ2n) is 11.5. The van der Waals surface area contributed by atoms with Gasteiger partial charge in [0.25, 0.3) is 0 Å². The van der Waals surface area contributed by atoms with Gasteiger partial charge in [0.15, 0.2) is 0 Å². The Morgan fingerprint density at radius 2 is 1.47 bits per heavy atom. The summed E-state index contributed by atoms with van der Waals surface area (Å²) in [6.45, 7) is 4.18. The van der Waals surface area contributed by atoms with Crippen LogP contribution in [0.3, 0.4) is 0 Å². The smallest absolute Gasteiger partial charge is 0.212 e. The fourth-order valence-electron chi connectivity index (χ4n) is 6.94. The maximum atomic E-state index is 13.6. The first kappa shape index (κ1) is 26.2. The topological polar surface area (TPSA) is 75.3 Å². The summed E-state index contributed by atoms with van der Waals surface area (Å²) in [6, 6.07) is 20.0. The maximum absolute atomic E-state index is 13.6. The zero-order valence-electron chi connectivity index (χ0n) is 21.2. The highest BCUT2D eigenvalue weighted by Crippen LogP contribution is 2.64. The quantitative estimate of drug-likeness (QED) is 0.486. The van der Waals surface area contributed by atoms with Gasteiger partial charge >= 0.3 is 0 Å². The number of hydrogen-bond donors (Lipinski definition) is 2. The molecule has 36 heavy (non-hydrogen) atoms. The number of sulfonamides is 1. The number of benzene rings is 2. The number of carbonyl (C=O) groups excluding carboxylic acids is 1. The number of ketones is 1. The van der Waals surface area contributed by atoms with Crippen molar-refractivity contribution in [3.8, 4) is 0 Å². The number of hydrogen-bond acceptors (Lipinski definition) is 4. The van der Waals surface area contributed by atoms with Gasteiger partial charge in [-0.1, -0.05) is 99.2 Å². The van der Waals surface area contributed by atoms with Gasteiger partial charge < -0.3 is 0 Å². The van der Waals surface area contributed by atoms with Crippen molar-refractivity contribution in [1.29, 1.82) is 0 Å². The van der Waals surface area contributed by atoms with E-state index in [0.717, 1.165) is 42.7 Å². The largest absolute Gasteiger partial charge is 0.299 e. The van der Waals surface area contributed by atoms with Gasteiger partial charge in [-0.25, -0.2) is 13.1 Å². The summed E-state index contributed by atoms with van der Waals surface area (Å²) in [5.74, 6) is 0.333. The van der Waals surface area contributed by atoms with Gasteiger partial charge in [0.1, 0.15) is 5.78 Å². The maximum Gasteiger partial charge on any atom is 0.212 e. The van der Waals surface area contributed by atoms with Crippen LogP contribution >= 0.6 is 6.19 Å². The number of fused-ring (bicyclic) bond motifs is 2. The predicted molar refractivity (Wildman–Crippen MR) is 151 cm³/mol. The van der Waals surface area contributed by atoms with Crippen LogP contribution in [-0.2, 0) is 26.6 Å². The van der Waals surface area contributed by atoms with E-state index >= 15 is 0 Å². The van der Waals surface area contributed by atoms with E-state index < -0.39 is 21.6 Å². The molecule has 2 N–H and O–H groups in total. The van der Waals surface area contributed by atoms with E-state index in [9.17, 15) is 13.2 Å². The molecular weight excluding hydrogens is 507 g/mol. The van der Waals surface area contributed by atoms with Crippen LogP contribution in [0.25, 0.3) is 0 Å². The number of rotatable bonds is 8. The molecule has 2 aromatic rings. The molecule has 3 aliphatic rings. The lowest BCUT2D eigenvalue weighted by Crippen LogP contribution is -2.54. The summed E-state index contributed by atoms with van der Waals surface area (Å²) in [4.78, 5) is 13.0. The Bertz CT molecular complexity index is 1220. The molecule has 2 aromatic carbocycles. The third-order valence-corrected chi connectivity index (χ3v) is 15.1. The zero-order valence-corrected chi connectivity index (χ0v) is 23.7. The predicted octanol–water partition coefficient (Wildman–Crippen LogP) is 4.25. The van der Waals surface area contributed by atoms with Gasteiger partial charge in [-0.3, -0.25) is 9.88 Å². The molecule has 3 saturated carbocycles.